The van der Waals surface area contributed by atoms with Gasteiger partial charge in [0.05, 0.1) is 19.1 Å². The minimum atomic E-state index is 0.442. The maximum absolute atomic E-state index is 8.76. The lowest BCUT2D eigenvalue weighted by Crippen LogP contribution is -2.29. The SMILES string of the molecule is CCCNc1ncnc(N(CCC#N)CCOC)c1Br. The van der Waals surface area contributed by atoms with Crippen molar-refractivity contribution in [2.45, 2.75) is 19.8 Å². The molecule has 0 saturated carbocycles. The smallest absolute Gasteiger partial charge is 0.148 e. The zero-order valence-electron chi connectivity index (χ0n) is 11.9. The first-order valence-electron chi connectivity index (χ1n) is 6.59. The Bertz CT molecular complexity index is 449. The molecule has 0 fully saturated rings. The maximum Gasteiger partial charge on any atom is 0.148 e. The monoisotopic (exact) mass is 341 g/mol. The zero-order valence-corrected chi connectivity index (χ0v) is 13.5. The van der Waals surface area contributed by atoms with Crippen LogP contribution in [0.25, 0.3) is 0 Å². The van der Waals surface area contributed by atoms with Gasteiger partial charge in [0.2, 0.25) is 0 Å². The van der Waals surface area contributed by atoms with E-state index in [1.165, 1.54) is 6.33 Å². The lowest BCUT2D eigenvalue weighted by molar-refractivity contribution is 0.205. The van der Waals surface area contributed by atoms with Crippen LogP contribution in [0.15, 0.2) is 10.8 Å². The van der Waals surface area contributed by atoms with Crippen LogP contribution in [0.1, 0.15) is 19.8 Å². The molecule has 0 aromatic carbocycles. The van der Waals surface area contributed by atoms with Gasteiger partial charge in [-0.3, -0.25) is 0 Å². The van der Waals surface area contributed by atoms with Crippen LogP contribution in [0.2, 0.25) is 0 Å². The molecule has 6 nitrogen and oxygen atoms in total. The van der Waals surface area contributed by atoms with E-state index in [2.05, 4.69) is 44.2 Å². The maximum atomic E-state index is 8.76. The van der Waals surface area contributed by atoms with Gasteiger partial charge in [0.1, 0.15) is 22.4 Å². The van der Waals surface area contributed by atoms with E-state index < -0.39 is 0 Å². The minimum absolute atomic E-state index is 0.442. The molecule has 0 saturated heterocycles. The Kier molecular flexibility index (Phi) is 7.92. The quantitative estimate of drug-likeness (QED) is 0.743. The van der Waals surface area contributed by atoms with E-state index in [-0.39, 0.29) is 0 Å². The third-order valence-electron chi connectivity index (χ3n) is 2.67. The van der Waals surface area contributed by atoms with Crippen LogP contribution in [0.5, 0.6) is 0 Å². The largest absolute Gasteiger partial charge is 0.383 e. The molecule has 1 N–H and O–H groups in total. The number of anilines is 2. The highest BCUT2D eigenvalue weighted by Gasteiger charge is 2.15. The molecule has 0 atom stereocenters. The van der Waals surface area contributed by atoms with Crippen LogP contribution in [0.3, 0.4) is 0 Å². The summed E-state index contributed by atoms with van der Waals surface area (Å²) in [6.45, 7) is 4.83. The normalized spacial score (nSPS) is 10.1. The van der Waals surface area contributed by atoms with E-state index in [9.17, 15) is 0 Å². The molecule has 1 aromatic rings. The topological polar surface area (TPSA) is 74.1 Å². The Balaban J connectivity index is 2.90. The zero-order chi connectivity index (χ0) is 14.8. The second-order valence-corrected chi connectivity index (χ2v) is 4.97. The van der Waals surface area contributed by atoms with Crippen molar-refractivity contribution in [3.63, 3.8) is 0 Å². The van der Waals surface area contributed by atoms with Crippen LogP contribution >= 0.6 is 15.9 Å². The summed E-state index contributed by atoms with van der Waals surface area (Å²) in [6, 6.07) is 2.16. The number of aromatic nitrogens is 2. The number of halogens is 1. The average Bonchev–Trinajstić information content (AvgIpc) is 2.47. The Hall–Kier alpha value is -1.39. The molecular weight excluding hydrogens is 322 g/mol. The van der Waals surface area contributed by atoms with Crippen LogP contribution < -0.4 is 10.2 Å². The van der Waals surface area contributed by atoms with Crippen molar-refractivity contribution < 1.29 is 4.74 Å². The number of hydrogen-bond donors (Lipinski definition) is 1. The first kappa shape index (κ1) is 16.7. The number of methoxy groups -OCH3 is 1. The summed E-state index contributed by atoms with van der Waals surface area (Å²) in [5.74, 6) is 1.56. The van der Waals surface area contributed by atoms with Gasteiger partial charge in [0.25, 0.3) is 0 Å². The number of hydrogen-bond acceptors (Lipinski definition) is 6. The van der Waals surface area contributed by atoms with Gasteiger partial charge in [-0.2, -0.15) is 5.26 Å². The van der Waals surface area contributed by atoms with E-state index in [4.69, 9.17) is 10.00 Å². The molecule has 1 aromatic heterocycles. The number of nitrogens with zero attached hydrogens (tertiary/aromatic N) is 4. The molecule has 0 aliphatic heterocycles. The van der Waals surface area contributed by atoms with Crippen molar-refractivity contribution in [3.05, 3.63) is 10.8 Å². The summed E-state index contributed by atoms with van der Waals surface area (Å²) in [5, 5.41) is 12.0. The molecule has 0 unspecified atom stereocenters. The predicted molar refractivity (Wildman–Crippen MR) is 82.8 cm³/mol. The second kappa shape index (κ2) is 9.50. The highest BCUT2D eigenvalue weighted by Crippen LogP contribution is 2.29. The second-order valence-electron chi connectivity index (χ2n) is 4.17. The van der Waals surface area contributed by atoms with Crippen molar-refractivity contribution in [2.75, 3.05) is 43.6 Å². The van der Waals surface area contributed by atoms with E-state index in [0.717, 1.165) is 29.1 Å². The van der Waals surface area contributed by atoms with Gasteiger partial charge >= 0.3 is 0 Å². The molecule has 110 valence electrons. The number of nitrogens with one attached hydrogen (secondary N) is 1. The van der Waals surface area contributed by atoms with E-state index >= 15 is 0 Å². The Labute approximate surface area is 128 Å². The summed E-state index contributed by atoms with van der Waals surface area (Å²) in [4.78, 5) is 10.6. The Morgan fingerprint density at radius 1 is 1.45 bits per heavy atom. The van der Waals surface area contributed by atoms with E-state index in [0.29, 0.717) is 26.1 Å². The van der Waals surface area contributed by atoms with E-state index in [1.54, 1.807) is 7.11 Å². The van der Waals surface area contributed by atoms with Crippen molar-refractivity contribution in [3.8, 4) is 6.07 Å². The Morgan fingerprint density at radius 3 is 2.90 bits per heavy atom. The van der Waals surface area contributed by atoms with E-state index in [1.807, 2.05) is 4.90 Å². The fourth-order valence-electron chi connectivity index (χ4n) is 1.66. The van der Waals surface area contributed by atoms with Crippen LogP contribution in [-0.2, 0) is 4.74 Å². The summed E-state index contributed by atoms with van der Waals surface area (Å²) >= 11 is 3.54. The van der Waals surface area contributed by atoms with Crippen LogP contribution in [0, 0.1) is 11.3 Å². The molecule has 20 heavy (non-hydrogen) atoms. The lowest BCUT2D eigenvalue weighted by Gasteiger charge is -2.24. The minimum Gasteiger partial charge on any atom is -0.383 e. The molecule has 1 rings (SSSR count). The first-order chi connectivity index (χ1) is 9.74. The summed E-state index contributed by atoms with van der Waals surface area (Å²) in [5.41, 5.74) is 0. The molecule has 0 aliphatic carbocycles. The van der Waals surface area contributed by atoms with Gasteiger partial charge in [-0.1, -0.05) is 6.92 Å². The number of ether oxygens (including phenoxy) is 1. The first-order valence-corrected chi connectivity index (χ1v) is 7.39. The number of nitriles is 1. The Morgan fingerprint density at radius 2 is 2.25 bits per heavy atom. The van der Waals surface area contributed by atoms with Gasteiger partial charge in [0, 0.05) is 26.7 Å². The summed E-state index contributed by atoms with van der Waals surface area (Å²) < 4.78 is 5.93. The fourth-order valence-corrected chi connectivity index (χ4v) is 2.25. The molecular formula is C13H20BrN5O. The van der Waals surface area contributed by atoms with Crippen molar-refractivity contribution >= 4 is 27.6 Å². The lowest BCUT2D eigenvalue weighted by atomic mass is 10.3. The van der Waals surface area contributed by atoms with Gasteiger partial charge in [-0.15, -0.1) is 0 Å². The molecule has 0 amide bonds. The average molecular weight is 342 g/mol. The molecule has 0 radical (unpaired) electrons. The van der Waals surface area contributed by atoms with Crippen LogP contribution in [-0.4, -0.2) is 43.3 Å². The third-order valence-corrected chi connectivity index (χ3v) is 3.40. The van der Waals surface area contributed by atoms with Gasteiger partial charge in [-0.25, -0.2) is 9.97 Å². The fraction of sp³-hybridized carbons (Fsp3) is 0.615. The van der Waals surface area contributed by atoms with Crippen molar-refractivity contribution in [1.29, 1.82) is 5.26 Å². The van der Waals surface area contributed by atoms with Gasteiger partial charge in [-0.05, 0) is 22.4 Å². The molecule has 0 aliphatic rings. The molecule has 0 bridgehead atoms. The summed E-state index contributed by atoms with van der Waals surface area (Å²) in [7, 11) is 1.66. The third kappa shape index (κ3) is 4.94. The highest BCUT2D eigenvalue weighted by atomic mass is 79.9. The standard InChI is InChI=1S/C13H20BrN5O/c1-3-6-16-12-11(14)13(18-10-17-12)19(7-4-5-15)8-9-20-2/h10H,3-4,6-9H2,1-2H3,(H,16,17,18). The molecule has 7 heteroatoms. The van der Waals surface area contributed by atoms with Crippen molar-refractivity contribution in [2.24, 2.45) is 0 Å². The number of rotatable bonds is 9. The molecule has 1 heterocycles. The molecule has 0 spiro atoms. The van der Waals surface area contributed by atoms with Gasteiger partial charge in [0.15, 0.2) is 0 Å². The highest BCUT2D eigenvalue weighted by molar-refractivity contribution is 9.10. The van der Waals surface area contributed by atoms with Gasteiger partial charge < -0.3 is 15.0 Å². The van der Waals surface area contributed by atoms with Crippen LogP contribution in [0.4, 0.5) is 11.6 Å². The van der Waals surface area contributed by atoms with Crippen molar-refractivity contribution in [1.82, 2.24) is 9.97 Å². The summed E-state index contributed by atoms with van der Waals surface area (Å²) in [6.07, 6.45) is 3.00. The predicted octanol–water partition coefficient (Wildman–Crippen LogP) is 2.43.